The summed E-state index contributed by atoms with van der Waals surface area (Å²) in [6.45, 7) is 5.72. The smallest absolute Gasteiger partial charge is 0.409 e. The molecule has 2 saturated heterocycles. The molecule has 1 aromatic rings. The Balaban J connectivity index is 1.51. The van der Waals surface area contributed by atoms with Gasteiger partial charge < -0.3 is 24.6 Å². The second-order valence-electron chi connectivity index (χ2n) is 7.61. The second kappa shape index (κ2) is 10.8. The Labute approximate surface area is 187 Å². The SMILES string of the molecule is CCOC(=O)N1CCC(NC(=O)CN2CCN(c3ccccc3OCC)C(=O)C2=O)CC1. The number of rotatable bonds is 7. The molecule has 1 aromatic carbocycles. The van der Waals surface area contributed by atoms with E-state index in [2.05, 4.69) is 5.32 Å². The Hall–Kier alpha value is -3.30. The first-order valence-corrected chi connectivity index (χ1v) is 11.0. The third-order valence-electron chi connectivity index (χ3n) is 5.49. The highest BCUT2D eigenvalue weighted by molar-refractivity contribution is 6.41. The van der Waals surface area contributed by atoms with Gasteiger partial charge in [-0.2, -0.15) is 0 Å². The zero-order valence-corrected chi connectivity index (χ0v) is 18.5. The highest BCUT2D eigenvalue weighted by Gasteiger charge is 2.35. The molecule has 0 bridgehead atoms. The van der Waals surface area contributed by atoms with Crippen molar-refractivity contribution in [3.05, 3.63) is 24.3 Å². The molecule has 4 amide bonds. The number of piperidine rings is 1. The van der Waals surface area contributed by atoms with E-state index < -0.39 is 11.8 Å². The van der Waals surface area contributed by atoms with Gasteiger partial charge in [-0.3, -0.25) is 19.3 Å². The number of hydrogen-bond donors (Lipinski definition) is 1. The molecule has 0 spiro atoms. The van der Waals surface area contributed by atoms with Crippen LogP contribution in [0.1, 0.15) is 26.7 Å². The maximum absolute atomic E-state index is 12.7. The molecule has 0 saturated carbocycles. The quantitative estimate of drug-likeness (QED) is 0.626. The molecule has 2 aliphatic heterocycles. The standard InChI is InChI=1S/C22H30N4O6/c1-3-31-18-8-6-5-7-17(18)26-14-13-25(20(28)21(26)29)15-19(27)23-16-9-11-24(12-10-16)22(30)32-4-2/h5-8,16H,3-4,9-15H2,1-2H3,(H,23,27). The molecule has 0 atom stereocenters. The number of carbonyl (C=O) groups is 4. The number of nitrogens with one attached hydrogen (secondary N) is 1. The molecule has 0 aromatic heterocycles. The lowest BCUT2D eigenvalue weighted by Crippen LogP contribution is -2.57. The number of benzene rings is 1. The number of para-hydroxylation sites is 2. The number of amides is 4. The molecule has 0 aliphatic carbocycles. The van der Waals surface area contributed by atoms with E-state index in [9.17, 15) is 19.2 Å². The van der Waals surface area contributed by atoms with Gasteiger partial charge in [-0.05, 0) is 38.8 Å². The van der Waals surface area contributed by atoms with Crippen LogP contribution in [0.15, 0.2) is 24.3 Å². The fraction of sp³-hybridized carbons (Fsp3) is 0.545. The van der Waals surface area contributed by atoms with Crippen molar-refractivity contribution in [2.24, 2.45) is 0 Å². The minimum Gasteiger partial charge on any atom is -0.492 e. The minimum atomic E-state index is -0.713. The highest BCUT2D eigenvalue weighted by atomic mass is 16.6. The highest BCUT2D eigenvalue weighted by Crippen LogP contribution is 2.29. The van der Waals surface area contributed by atoms with Crippen molar-refractivity contribution in [2.75, 3.05) is 50.8 Å². The monoisotopic (exact) mass is 446 g/mol. The molecule has 32 heavy (non-hydrogen) atoms. The molecule has 10 heteroatoms. The van der Waals surface area contributed by atoms with E-state index in [1.54, 1.807) is 36.1 Å². The van der Waals surface area contributed by atoms with Gasteiger partial charge in [-0.25, -0.2) is 4.79 Å². The van der Waals surface area contributed by atoms with Crippen molar-refractivity contribution in [3.8, 4) is 5.75 Å². The van der Waals surface area contributed by atoms with Gasteiger partial charge in [0, 0.05) is 32.2 Å². The normalized spacial score (nSPS) is 17.4. The number of hydrogen-bond acceptors (Lipinski definition) is 6. The Morgan fingerprint density at radius 2 is 1.72 bits per heavy atom. The third kappa shape index (κ3) is 5.49. The van der Waals surface area contributed by atoms with Crippen LogP contribution < -0.4 is 15.0 Å². The lowest BCUT2D eigenvalue weighted by Gasteiger charge is -2.35. The molecule has 0 unspecified atom stereocenters. The average molecular weight is 447 g/mol. The van der Waals surface area contributed by atoms with E-state index in [1.807, 2.05) is 6.92 Å². The van der Waals surface area contributed by atoms with E-state index in [0.29, 0.717) is 50.6 Å². The number of piperazine rings is 1. The maximum atomic E-state index is 12.7. The molecule has 174 valence electrons. The van der Waals surface area contributed by atoms with Gasteiger partial charge in [0.05, 0.1) is 18.9 Å². The first-order valence-electron chi connectivity index (χ1n) is 11.0. The van der Waals surface area contributed by atoms with Crippen molar-refractivity contribution in [2.45, 2.75) is 32.7 Å². The molecule has 10 nitrogen and oxygen atoms in total. The molecular formula is C22H30N4O6. The van der Waals surface area contributed by atoms with Crippen LogP contribution in [0, 0.1) is 0 Å². The van der Waals surface area contributed by atoms with Crippen LogP contribution in [0.4, 0.5) is 10.5 Å². The van der Waals surface area contributed by atoms with Crippen molar-refractivity contribution < 1.29 is 28.7 Å². The summed E-state index contributed by atoms with van der Waals surface area (Å²) in [4.78, 5) is 53.9. The van der Waals surface area contributed by atoms with Crippen LogP contribution in [0.5, 0.6) is 5.75 Å². The maximum Gasteiger partial charge on any atom is 0.409 e. The summed E-state index contributed by atoms with van der Waals surface area (Å²) < 4.78 is 10.6. The zero-order chi connectivity index (χ0) is 23.1. The number of carbonyl (C=O) groups excluding carboxylic acids is 4. The lowest BCUT2D eigenvalue weighted by molar-refractivity contribution is -0.147. The predicted molar refractivity (Wildman–Crippen MR) is 116 cm³/mol. The fourth-order valence-electron chi connectivity index (χ4n) is 3.88. The van der Waals surface area contributed by atoms with Crippen molar-refractivity contribution >= 4 is 29.5 Å². The van der Waals surface area contributed by atoms with Crippen LogP contribution in [-0.2, 0) is 19.1 Å². The number of ether oxygens (including phenoxy) is 2. The Kier molecular flexibility index (Phi) is 7.91. The Bertz CT molecular complexity index is 853. The van der Waals surface area contributed by atoms with E-state index in [0.717, 1.165) is 0 Å². The van der Waals surface area contributed by atoms with Gasteiger partial charge >= 0.3 is 17.9 Å². The summed E-state index contributed by atoms with van der Waals surface area (Å²) in [5.41, 5.74) is 0.546. The van der Waals surface area contributed by atoms with Gasteiger partial charge in [0.25, 0.3) is 0 Å². The van der Waals surface area contributed by atoms with Crippen LogP contribution in [-0.4, -0.2) is 85.6 Å². The molecule has 3 rings (SSSR count). The molecule has 2 aliphatic rings. The lowest BCUT2D eigenvalue weighted by atomic mass is 10.1. The summed E-state index contributed by atoms with van der Waals surface area (Å²) in [5, 5.41) is 2.91. The fourth-order valence-corrected chi connectivity index (χ4v) is 3.88. The van der Waals surface area contributed by atoms with E-state index in [-0.39, 0.29) is 37.7 Å². The van der Waals surface area contributed by atoms with E-state index >= 15 is 0 Å². The number of likely N-dealkylation sites (tertiary alicyclic amines) is 1. The summed E-state index contributed by atoms with van der Waals surface area (Å²) in [6, 6.07) is 6.99. The van der Waals surface area contributed by atoms with Gasteiger partial charge in [-0.15, -0.1) is 0 Å². The van der Waals surface area contributed by atoms with Crippen LogP contribution in [0.25, 0.3) is 0 Å². The van der Waals surface area contributed by atoms with Crippen molar-refractivity contribution in [1.82, 2.24) is 15.1 Å². The van der Waals surface area contributed by atoms with Gasteiger partial charge in [-0.1, -0.05) is 12.1 Å². The average Bonchev–Trinajstić information content (AvgIpc) is 2.78. The first kappa shape index (κ1) is 23.4. The summed E-state index contributed by atoms with van der Waals surface area (Å²) in [7, 11) is 0. The Morgan fingerprint density at radius 1 is 1.00 bits per heavy atom. The molecule has 0 radical (unpaired) electrons. The summed E-state index contributed by atoms with van der Waals surface area (Å²) in [6.07, 6.45) is 0.879. The number of nitrogens with zero attached hydrogens (tertiary/aromatic N) is 3. The molecular weight excluding hydrogens is 416 g/mol. The van der Waals surface area contributed by atoms with Crippen molar-refractivity contribution in [1.29, 1.82) is 0 Å². The summed E-state index contributed by atoms with van der Waals surface area (Å²) >= 11 is 0. The van der Waals surface area contributed by atoms with Crippen LogP contribution in [0.3, 0.4) is 0 Å². The molecule has 2 fully saturated rings. The molecule has 1 N–H and O–H groups in total. The Morgan fingerprint density at radius 3 is 2.41 bits per heavy atom. The first-order chi connectivity index (χ1) is 15.4. The van der Waals surface area contributed by atoms with Crippen molar-refractivity contribution in [3.63, 3.8) is 0 Å². The minimum absolute atomic E-state index is 0.0849. The summed E-state index contributed by atoms with van der Waals surface area (Å²) in [5.74, 6) is -1.17. The zero-order valence-electron chi connectivity index (χ0n) is 18.5. The predicted octanol–water partition coefficient (Wildman–Crippen LogP) is 0.998. The van der Waals surface area contributed by atoms with Crippen LogP contribution >= 0.6 is 0 Å². The van der Waals surface area contributed by atoms with E-state index in [1.165, 1.54) is 9.80 Å². The molecule has 2 heterocycles. The van der Waals surface area contributed by atoms with Gasteiger partial charge in [0.2, 0.25) is 5.91 Å². The largest absolute Gasteiger partial charge is 0.492 e. The third-order valence-corrected chi connectivity index (χ3v) is 5.49. The van der Waals surface area contributed by atoms with Gasteiger partial charge in [0.1, 0.15) is 12.3 Å². The van der Waals surface area contributed by atoms with Crippen LogP contribution in [0.2, 0.25) is 0 Å². The van der Waals surface area contributed by atoms with E-state index in [4.69, 9.17) is 9.47 Å². The topological polar surface area (TPSA) is 108 Å². The number of anilines is 1. The van der Waals surface area contributed by atoms with Gasteiger partial charge in [0.15, 0.2) is 0 Å². The second-order valence-corrected chi connectivity index (χ2v) is 7.61.